The molecular weight excluding hydrogens is 484 g/mol. The van der Waals surface area contributed by atoms with Gasteiger partial charge in [-0.05, 0) is 73.5 Å². The molecule has 0 saturated carbocycles. The molecule has 4 aromatic carbocycles. The van der Waals surface area contributed by atoms with Crippen molar-refractivity contribution < 1.29 is 29.3 Å². The molecule has 0 aliphatic rings. The van der Waals surface area contributed by atoms with Crippen molar-refractivity contribution >= 4 is 34.7 Å². The molecule has 0 heterocycles. The largest absolute Gasteiger partial charge is 0.495 e. The Bertz CT molecular complexity index is 1410. The van der Waals surface area contributed by atoms with Crippen LogP contribution in [0, 0.1) is 13.8 Å². The second kappa shape index (κ2) is 11.0. The van der Waals surface area contributed by atoms with E-state index < -0.39 is 11.9 Å². The molecule has 0 aliphatic heterocycles. The first-order valence-corrected chi connectivity index (χ1v) is 11.8. The van der Waals surface area contributed by atoms with Crippen LogP contribution in [0.2, 0.25) is 0 Å². The van der Waals surface area contributed by atoms with Crippen molar-refractivity contribution in [3.05, 3.63) is 95.1 Å². The van der Waals surface area contributed by atoms with Gasteiger partial charge in [0.1, 0.15) is 11.5 Å². The van der Waals surface area contributed by atoms with Gasteiger partial charge in [-0.2, -0.15) is 0 Å². The highest BCUT2D eigenvalue weighted by molar-refractivity contribution is 5.96. The van der Waals surface area contributed by atoms with E-state index in [2.05, 4.69) is 10.6 Å². The lowest BCUT2D eigenvalue weighted by atomic mass is 10.0. The third-order valence-corrected chi connectivity index (χ3v) is 6.09. The van der Waals surface area contributed by atoms with Crippen LogP contribution in [0.25, 0.3) is 11.1 Å². The highest BCUT2D eigenvalue weighted by Gasteiger charge is 2.15. The van der Waals surface area contributed by atoms with Crippen molar-refractivity contribution in [1.82, 2.24) is 0 Å². The molecule has 0 aliphatic carbocycles. The third-order valence-electron chi connectivity index (χ3n) is 6.09. The van der Waals surface area contributed by atoms with E-state index in [9.17, 15) is 19.8 Å². The number of ether oxygens (including phenoxy) is 2. The van der Waals surface area contributed by atoms with Crippen LogP contribution in [0.3, 0.4) is 0 Å². The molecule has 0 unspecified atom stereocenters. The summed E-state index contributed by atoms with van der Waals surface area (Å²) >= 11 is 0. The topological polar surface area (TPSA) is 117 Å². The number of benzene rings is 4. The molecule has 4 rings (SSSR count). The van der Waals surface area contributed by atoms with Gasteiger partial charge in [-0.15, -0.1) is 0 Å². The molecule has 0 amide bonds. The molecule has 0 atom stereocenters. The zero-order valence-corrected chi connectivity index (χ0v) is 21.5. The van der Waals surface area contributed by atoms with E-state index in [1.165, 1.54) is 0 Å². The van der Waals surface area contributed by atoms with Crippen LogP contribution >= 0.6 is 0 Å². The first-order valence-electron chi connectivity index (χ1n) is 11.8. The molecule has 8 nitrogen and oxygen atoms in total. The number of carboxylic acids is 2. The van der Waals surface area contributed by atoms with Gasteiger partial charge in [-0.1, -0.05) is 35.4 Å². The summed E-state index contributed by atoms with van der Waals surface area (Å²) in [4.78, 5) is 23.4. The zero-order chi connectivity index (χ0) is 27.4. The van der Waals surface area contributed by atoms with Crippen molar-refractivity contribution in [3.63, 3.8) is 0 Å². The van der Waals surface area contributed by atoms with Gasteiger partial charge in [0.15, 0.2) is 0 Å². The number of hydrogen-bond acceptors (Lipinski definition) is 6. The number of nitrogens with one attached hydrogen (secondary N) is 2. The Labute approximate surface area is 220 Å². The SMILES string of the molecule is COc1cc(-c2ccc(Nc3ccc(C)cc3C(=O)O)c(OC)c2)ccc1Nc1ccc(C)cc1C(=O)O. The predicted octanol–water partition coefficient (Wildman–Crippen LogP) is 6.87. The third kappa shape index (κ3) is 5.54. The lowest BCUT2D eigenvalue weighted by Gasteiger charge is -2.17. The zero-order valence-electron chi connectivity index (χ0n) is 21.5. The molecule has 0 fully saturated rings. The highest BCUT2D eigenvalue weighted by atomic mass is 16.5. The Hall–Kier alpha value is -4.98. The number of aryl methyl sites for hydroxylation is 2. The number of carboxylic acid groups (broad SMARTS) is 2. The fourth-order valence-electron chi connectivity index (χ4n) is 4.13. The van der Waals surface area contributed by atoms with Crippen molar-refractivity contribution in [2.24, 2.45) is 0 Å². The van der Waals surface area contributed by atoms with Gasteiger partial charge in [0.25, 0.3) is 0 Å². The summed E-state index contributed by atoms with van der Waals surface area (Å²) in [6, 6.07) is 21.5. The average molecular weight is 513 g/mol. The van der Waals surface area contributed by atoms with Crippen LogP contribution in [0.1, 0.15) is 31.8 Å². The summed E-state index contributed by atoms with van der Waals surface area (Å²) in [6.07, 6.45) is 0. The van der Waals surface area contributed by atoms with Gasteiger partial charge in [0, 0.05) is 0 Å². The molecule has 0 aromatic heterocycles. The van der Waals surface area contributed by atoms with Gasteiger partial charge in [0.05, 0.1) is 48.1 Å². The summed E-state index contributed by atoms with van der Waals surface area (Å²) in [5.41, 5.74) is 5.90. The van der Waals surface area contributed by atoms with E-state index in [0.29, 0.717) is 34.2 Å². The van der Waals surface area contributed by atoms with Crippen LogP contribution in [-0.2, 0) is 0 Å². The molecule has 4 N–H and O–H groups in total. The molecule has 0 bridgehead atoms. The molecule has 0 saturated heterocycles. The molecule has 8 heteroatoms. The quantitative estimate of drug-likeness (QED) is 0.192. The maximum atomic E-state index is 11.7. The Balaban J connectivity index is 1.65. The summed E-state index contributed by atoms with van der Waals surface area (Å²) in [7, 11) is 3.10. The number of methoxy groups -OCH3 is 2. The Kier molecular flexibility index (Phi) is 7.53. The van der Waals surface area contributed by atoms with Crippen LogP contribution < -0.4 is 20.1 Å². The number of aromatic carboxylic acids is 2. The first kappa shape index (κ1) is 26.1. The minimum Gasteiger partial charge on any atom is -0.495 e. The normalized spacial score (nSPS) is 10.5. The Morgan fingerprint density at radius 3 is 1.29 bits per heavy atom. The van der Waals surface area contributed by atoms with Gasteiger partial charge in [-0.25, -0.2) is 9.59 Å². The lowest BCUT2D eigenvalue weighted by Crippen LogP contribution is -2.04. The standard InChI is InChI=1S/C30H28N2O6/c1-17-5-9-23(21(13-17)29(33)34)31-25-11-7-19(15-27(25)37-3)20-8-12-26(28(16-20)38-4)32-24-10-6-18(2)14-22(24)30(35)36/h5-16,31-32H,1-4H3,(H,33,34)(H,35,36). The fourth-order valence-corrected chi connectivity index (χ4v) is 4.13. The maximum absolute atomic E-state index is 11.7. The van der Waals surface area contributed by atoms with E-state index in [1.807, 2.05) is 62.4 Å². The second-order valence-corrected chi connectivity index (χ2v) is 8.79. The molecule has 0 spiro atoms. The Morgan fingerprint density at radius 1 is 0.579 bits per heavy atom. The van der Waals surface area contributed by atoms with Crippen LogP contribution in [0.4, 0.5) is 22.7 Å². The number of hydrogen-bond donors (Lipinski definition) is 4. The minimum absolute atomic E-state index is 0.170. The van der Waals surface area contributed by atoms with E-state index in [1.54, 1.807) is 38.5 Å². The van der Waals surface area contributed by atoms with E-state index in [4.69, 9.17) is 9.47 Å². The second-order valence-electron chi connectivity index (χ2n) is 8.79. The molecule has 0 radical (unpaired) electrons. The van der Waals surface area contributed by atoms with E-state index in [0.717, 1.165) is 22.3 Å². The van der Waals surface area contributed by atoms with Crippen molar-refractivity contribution in [1.29, 1.82) is 0 Å². The molecule has 194 valence electrons. The summed E-state index contributed by atoms with van der Waals surface area (Å²) in [6.45, 7) is 3.68. The number of carbonyl (C=O) groups is 2. The molecular formula is C30H28N2O6. The molecule has 4 aromatic rings. The average Bonchev–Trinajstić information content (AvgIpc) is 2.90. The number of anilines is 4. The fraction of sp³-hybridized carbons (Fsp3) is 0.133. The summed E-state index contributed by atoms with van der Waals surface area (Å²) < 4.78 is 11.2. The van der Waals surface area contributed by atoms with Gasteiger partial charge in [0.2, 0.25) is 0 Å². The van der Waals surface area contributed by atoms with Crippen molar-refractivity contribution in [2.75, 3.05) is 24.9 Å². The van der Waals surface area contributed by atoms with Crippen LogP contribution in [0.15, 0.2) is 72.8 Å². The van der Waals surface area contributed by atoms with E-state index in [-0.39, 0.29) is 11.1 Å². The highest BCUT2D eigenvalue weighted by Crippen LogP contribution is 2.37. The monoisotopic (exact) mass is 512 g/mol. The maximum Gasteiger partial charge on any atom is 0.337 e. The predicted molar refractivity (Wildman–Crippen MR) is 148 cm³/mol. The lowest BCUT2D eigenvalue weighted by molar-refractivity contribution is 0.0687. The number of rotatable bonds is 9. The summed E-state index contributed by atoms with van der Waals surface area (Å²) in [5, 5.41) is 25.5. The molecule has 38 heavy (non-hydrogen) atoms. The van der Waals surface area contributed by atoms with Crippen molar-refractivity contribution in [3.8, 4) is 22.6 Å². The van der Waals surface area contributed by atoms with Gasteiger partial charge >= 0.3 is 11.9 Å². The van der Waals surface area contributed by atoms with Crippen LogP contribution in [-0.4, -0.2) is 36.4 Å². The van der Waals surface area contributed by atoms with Gasteiger partial charge < -0.3 is 30.3 Å². The van der Waals surface area contributed by atoms with E-state index >= 15 is 0 Å². The summed E-state index contributed by atoms with van der Waals surface area (Å²) in [5.74, 6) is -0.972. The Morgan fingerprint density at radius 2 is 0.947 bits per heavy atom. The minimum atomic E-state index is -1.02. The first-order chi connectivity index (χ1) is 18.2. The van der Waals surface area contributed by atoms with Crippen LogP contribution in [0.5, 0.6) is 11.5 Å². The smallest absolute Gasteiger partial charge is 0.337 e. The van der Waals surface area contributed by atoms with Crippen molar-refractivity contribution in [2.45, 2.75) is 13.8 Å². The van der Waals surface area contributed by atoms with Gasteiger partial charge in [-0.3, -0.25) is 0 Å².